The lowest BCUT2D eigenvalue weighted by molar-refractivity contribution is -0.151. The molecule has 0 aliphatic rings. The van der Waals surface area contributed by atoms with Crippen molar-refractivity contribution in [3.8, 4) is 22.6 Å². The minimum atomic E-state index is -0.765. The van der Waals surface area contributed by atoms with E-state index >= 15 is 0 Å². The summed E-state index contributed by atoms with van der Waals surface area (Å²) in [6.07, 6.45) is -0.414. The molecule has 0 heterocycles. The van der Waals surface area contributed by atoms with Gasteiger partial charge in [-0.15, -0.1) is 0 Å². The van der Waals surface area contributed by atoms with E-state index in [0.717, 1.165) is 16.7 Å². The van der Waals surface area contributed by atoms with Crippen molar-refractivity contribution in [2.75, 3.05) is 19.8 Å². The first-order chi connectivity index (χ1) is 19.0. The Bertz CT molecular complexity index is 1340. The minimum absolute atomic E-state index is 0.206. The van der Waals surface area contributed by atoms with E-state index in [2.05, 4.69) is 5.32 Å². The second kappa shape index (κ2) is 13.8. The number of carbonyl (C=O) groups is 2. The molecule has 1 atom stereocenters. The summed E-state index contributed by atoms with van der Waals surface area (Å²) in [7, 11) is 0. The van der Waals surface area contributed by atoms with Crippen LogP contribution in [0, 0.1) is 5.82 Å². The fourth-order valence-electron chi connectivity index (χ4n) is 3.90. The molecule has 4 aromatic carbocycles. The Morgan fingerprint density at radius 2 is 1.44 bits per heavy atom. The summed E-state index contributed by atoms with van der Waals surface area (Å²) in [6, 6.07) is 29.9. The molecule has 39 heavy (non-hydrogen) atoms. The number of rotatable bonds is 12. The van der Waals surface area contributed by atoms with Crippen molar-refractivity contribution in [1.29, 1.82) is 0 Å². The predicted octanol–water partition coefficient (Wildman–Crippen LogP) is 5.85. The average molecular weight is 528 g/mol. The van der Waals surface area contributed by atoms with E-state index in [1.165, 1.54) is 12.1 Å². The monoisotopic (exact) mass is 527 g/mol. The molecule has 0 bridgehead atoms. The number of para-hydroxylation sites is 1. The van der Waals surface area contributed by atoms with Crippen LogP contribution < -0.4 is 14.8 Å². The van der Waals surface area contributed by atoms with Gasteiger partial charge in [0, 0.05) is 12.0 Å². The van der Waals surface area contributed by atoms with Crippen LogP contribution in [0.15, 0.2) is 103 Å². The second-order valence-corrected chi connectivity index (χ2v) is 8.71. The molecule has 4 aromatic rings. The average Bonchev–Trinajstić information content (AvgIpc) is 2.97. The van der Waals surface area contributed by atoms with Gasteiger partial charge in [0.25, 0.3) is 5.91 Å². The van der Waals surface area contributed by atoms with E-state index in [-0.39, 0.29) is 18.3 Å². The molecule has 6 nitrogen and oxygen atoms in total. The Morgan fingerprint density at radius 1 is 0.795 bits per heavy atom. The summed E-state index contributed by atoms with van der Waals surface area (Å²) in [5.41, 5.74) is 3.20. The lowest BCUT2D eigenvalue weighted by Gasteiger charge is -2.18. The van der Waals surface area contributed by atoms with Gasteiger partial charge in [-0.1, -0.05) is 54.6 Å². The van der Waals surface area contributed by atoms with Crippen molar-refractivity contribution in [3.63, 3.8) is 0 Å². The lowest BCUT2D eigenvalue weighted by atomic mass is 10.0. The summed E-state index contributed by atoms with van der Waals surface area (Å²) in [5, 5.41) is 2.84. The van der Waals surface area contributed by atoms with Gasteiger partial charge in [-0.2, -0.15) is 0 Å². The molecule has 0 fully saturated rings. The van der Waals surface area contributed by atoms with Gasteiger partial charge in [-0.25, -0.2) is 9.18 Å². The topological polar surface area (TPSA) is 73.9 Å². The number of esters is 1. The van der Waals surface area contributed by atoms with E-state index < -0.39 is 12.1 Å². The fourth-order valence-corrected chi connectivity index (χ4v) is 3.90. The highest BCUT2D eigenvalue weighted by Gasteiger charge is 2.22. The summed E-state index contributed by atoms with van der Waals surface area (Å²) in [5.74, 6) is 0.337. The van der Waals surface area contributed by atoms with Gasteiger partial charge in [-0.05, 0) is 72.1 Å². The van der Waals surface area contributed by atoms with E-state index in [9.17, 15) is 14.0 Å². The molecule has 0 spiro atoms. The lowest BCUT2D eigenvalue weighted by Crippen LogP contribution is -2.31. The molecule has 1 unspecified atom stereocenters. The Labute approximate surface area is 227 Å². The zero-order valence-electron chi connectivity index (χ0n) is 21.6. The molecule has 0 aromatic heterocycles. The maximum absolute atomic E-state index is 13.1. The van der Waals surface area contributed by atoms with Crippen molar-refractivity contribution in [3.05, 3.63) is 120 Å². The second-order valence-electron chi connectivity index (χ2n) is 8.71. The summed E-state index contributed by atoms with van der Waals surface area (Å²) in [4.78, 5) is 24.9. The third-order valence-corrected chi connectivity index (χ3v) is 5.90. The van der Waals surface area contributed by atoms with Gasteiger partial charge in [0.15, 0.2) is 6.10 Å². The van der Waals surface area contributed by atoms with Gasteiger partial charge in [0.1, 0.15) is 23.9 Å². The van der Waals surface area contributed by atoms with Gasteiger partial charge in [-0.3, -0.25) is 4.79 Å². The quantitative estimate of drug-likeness (QED) is 0.185. The smallest absolute Gasteiger partial charge is 0.347 e. The number of hydrogen-bond donors (Lipinski definition) is 1. The highest BCUT2D eigenvalue weighted by Crippen LogP contribution is 2.20. The van der Waals surface area contributed by atoms with E-state index in [4.69, 9.17) is 14.2 Å². The van der Waals surface area contributed by atoms with E-state index in [1.807, 2.05) is 54.6 Å². The number of benzene rings is 4. The summed E-state index contributed by atoms with van der Waals surface area (Å²) in [6.45, 7) is 2.66. The first-order valence-electron chi connectivity index (χ1n) is 12.8. The molecule has 200 valence electrons. The maximum atomic E-state index is 13.1. The Hall–Kier alpha value is -4.65. The number of halogens is 1. The maximum Gasteiger partial charge on any atom is 0.347 e. The first kappa shape index (κ1) is 27.4. The Balaban J connectivity index is 1.24. The number of amides is 1. The third-order valence-electron chi connectivity index (χ3n) is 5.90. The van der Waals surface area contributed by atoms with Crippen LogP contribution in [-0.4, -0.2) is 37.7 Å². The Kier molecular flexibility index (Phi) is 9.67. The van der Waals surface area contributed by atoms with Gasteiger partial charge in [0.2, 0.25) is 0 Å². The summed E-state index contributed by atoms with van der Waals surface area (Å²) >= 11 is 0. The first-order valence-corrected chi connectivity index (χ1v) is 12.8. The SMILES string of the molecule is CCOC(=O)C(Cc1ccc(OCCNC(=O)c2ccc(-c3ccc(F)cc3)cc2)cc1)Oc1ccccc1. The largest absolute Gasteiger partial charge is 0.492 e. The fraction of sp³-hybridized carbons (Fsp3) is 0.188. The van der Waals surface area contributed by atoms with Crippen LogP contribution >= 0.6 is 0 Å². The van der Waals surface area contributed by atoms with Crippen LogP contribution in [0.25, 0.3) is 11.1 Å². The molecule has 1 amide bonds. The molecule has 0 saturated carbocycles. The molecular weight excluding hydrogens is 497 g/mol. The van der Waals surface area contributed by atoms with Crippen LogP contribution in [0.4, 0.5) is 4.39 Å². The van der Waals surface area contributed by atoms with Crippen LogP contribution in [-0.2, 0) is 16.0 Å². The van der Waals surface area contributed by atoms with Gasteiger partial charge < -0.3 is 19.5 Å². The van der Waals surface area contributed by atoms with Crippen molar-refractivity contribution >= 4 is 11.9 Å². The van der Waals surface area contributed by atoms with E-state index in [1.54, 1.807) is 43.3 Å². The van der Waals surface area contributed by atoms with Crippen molar-refractivity contribution < 1.29 is 28.2 Å². The van der Waals surface area contributed by atoms with Crippen molar-refractivity contribution in [2.24, 2.45) is 0 Å². The summed E-state index contributed by atoms with van der Waals surface area (Å²) < 4.78 is 29.9. The third kappa shape index (κ3) is 8.17. The van der Waals surface area contributed by atoms with Crippen LogP contribution in [0.2, 0.25) is 0 Å². The molecule has 7 heteroatoms. The molecule has 1 N–H and O–H groups in total. The van der Waals surface area contributed by atoms with Crippen LogP contribution in [0.3, 0.4) is 0 Å². The Morgan fingerprint density at radius 3 is 2.08 bits per heavy atom. The zero-order valence-corrected chi connectivity index (χ0v) is 21.6. The number of ether oxygens (including phenoxy) is 3. The van der Waals surface area contributed by atoms with Gasteiger partial charge >= 0.3 is 5.97 Å². The predicted molar refractivity (Wildman–Crippen MR) is 147 cm³/mol. The molecule has 0 aliphatic heterocycles. The van der Waals surface area contributed by atoms with E-state index in [0.29, 0.717) is 36.6 Å². The number of carbonyl (C=O) groups excluding carboxylic acids is 2. The molecule has 4 rings (SSSR count). The molecule has 0 radical (unpaired) electrons. The van der Waals surface area contributed by atoms with Crippen LogP contribution in [0.1, 0.15) is 22.8 Å². The van der Waals surface area contributed by atoms with Crippen LogP contribution in [0.5, 0.6) is 11.5 Å². The zero-order chi connectivity index (χ0) is 27.5. The normalized spacial score (nSPS) is 11.3. The highest BCUT2D eigenvalue weighted by atomic mass is 19.1. The standard InChI is InChI=1S/C32H30FNO5/c1-2-37-32(36)30(39-29-6-4-3-5-7-29)22-23-8-18-28(19-9-23)38-21-20-34-31(35)26-12-10-24(11-13-26)25-14-16-27(33)17-15-25/h3-19,30H,2,20-22H2,1H3,(H,34,35). The van der Waals surface area contributed by atoms with Crippen molar-refractivity contribution in [2.45, 2.75) is 19.4 Å². The molecule has 0 aliphatic carbocycles. The highest BCUT2D eigenvalue weighted by molar-refractivity contribution is 5.94. The minimum Gasteiger partial charge on any atom is -0.492 e. The number of nitrogens with one attached hydrogen (secondary N) is 1. The number of hydrogen-bond acceptors (Lipinski definition) is 5. The van der Waals surface area contributed by atoms with Crippen molar-refractivity contribution in [1.82, 2.24) is 5.32 Å². The van der Waals surface area contributed by atoms with Gasteiger partial charge in [0.05, 0.1) is 13.2 Å². The molecule has 0 saturated heterocycles. The molecular formula is C32H30FNO5.